The van der Waals surface area contributed by atoms with Crippen LogP contribution in [0.4, 0.5) is 0 Å². The molecule has 0 radical (unpaired) electrons. The largest absolute Gasteiger partial charge is 0.383 e. The Balaban J connectivity index is 2.04. The fourth-order valence-electron chi connectivity index (χ4n) is 2.82. The quantitative estimate of drug-likeness (QED) is 0.868. The third-order valence-electron chi connectivity index (χ3n) is 3.75. The molecule has 0 saturated heterocycles. The molecule has 1 aromatic carbocycles. The summed E-state index contributed by atoms with van der Waals surface area (Å²) >= 11 is 1.63. The zero-order valence-corrected chi connectivity index (χ0v) is 11.4. The second-order valence-electron chi connectivity index (χ2n) is 5.09. The SMILES string of the molecule is Cc1ccsc1C(C)(O)C1NCc2ccccc21. The monoisotopic (exact) mass is 259 g/mol. The molecule has 1 aliphatic rings. The van der Waals surface area contributed by atoms with Gasteiger partial charge in [-0.05, 0) is 42.0 Å². The first kappa shape index (κ1) is 11.9. The molecule has 94 valence electrons. The van der Waals surface area contributed by atoms with Crippen molar-refractivity contribution in [2.45, 2.75) is 32.0 Å². The van der Waals surface area contributed by atoms with E-state index in [0.717, 1.165) is 17.0 Å². The Morgan fingerprint density at radius 2 is 2.11 bits per heavy atom. The second-order valence-corrected chi connectivity index (χ2v) is 6.01. The number of thiophene rings is 1. The van der Waals surface area contributed by atoms with Gasteiger partial charge in [-0.2, -0.15) is 0 Å². The maximum Gasteiger partial charge on any atom is 0.116 e. The van der Waals surface area contributed by atoms with Gasteiger partial charge in [-0.25, -0.2) is 0 Å². The van der Waals surface area contributed by atoms with E-state index < -0.39 is 5.60 Å². The van der Waals surface area contributed by atoms with Gasteiger partial charge in [-0.15, -0.1) is 11.3 Å². The maximum absolute atomic E-state index is 10.9. The fourth-order valence-corrected chi connectivity index (χ4v) is 3.84. The van der Waals surface area contributed by atoms with E-state index in [1.165, 1.54) is 11.1 Å². The minimum Gasteiger partial charge on any atom is -0.383 e. The second kappa shape index (κ2) is 4.19. The summed E-state index contributed by atoms with van der Waals surface area (Å²) in [7, 11) is 0. The van der Waals surface area contributed by atoms with Crippen LogP contribution in [-0.2, 0) is 12.1 Å². The molecule has 0 aliphatic carbocycles. The van der Waals surface area contributed by atoms with Gasteiger partial charge in [0.1, 0.15) is 5.60 Å². The van der Waals surface area contributed by atoms with Gasteiger partial charge in [-0.3, -0.25) is 0 Å². The molecule has 3 rings (SSSR count). The lowest BCUT2D eigenvalue weighted by Gasteiger charge is -2.31. The Hall–Kier alpha value is -1.16. The number of rotatable bonds is 2. The van der Waals surface area contributed by atoms with E-state index in [0.29, 0.717) is 0 Å². The Bertz CT molecular complexity index is 573. The van der Waals surface area contributed by atoms with Gasteiger partial charge in [0.05, 0.1) is 6.04 Å². The van der Waals surface area contributed by atoms with Crippen LogP contribution in [0.15, 0.2) is 35.7 Å². The van der Waals surface area contributed by atoms with Gasteiger partial charge in [0.2, 0.25) is 0 Å². The molecule has 1 aromatic heterocycles. The normalized spacial score (nSPS) is 21.6. The molecule has 18 heavy (non-hydrogen) atoms. The highest BCUT2D eigenvalue weighted by Crippen LogP contribution is 2.42. The summed E-state index contributed by atoms with van der Waals surface area (Å²) in [6.07, 6.45) is 0. The van der Waals surface area contributed by atoms with E-state index in [-0.39, 0.29) is 6.04 Å². The molecule has 3 heteroatoms. The van der Waals surface area contributed by atoms with Crippen molar-refractivity contribution in [3.63, 3.8) is 0 Å². The van der Waals surface area contributed by atoms with Crippen molar-refractivity contribution in [2.24, 2.45) is 0 Å². The number of aliphatic hydroxyl groups is 1. The Kier molecular flexibility index (Phi) is 2.77. The molecule has 0 fully saturated rings. The highest BCUT2D eigenvalue weighted by Gasteiger charge is 2.40. The summed E-state index contributed by atoms with van der Waals surface area (Å²) in [4.78, 5) is 1.05. The Morgan fingerprint density at radius 1 is 1.33 bits per heavy atom. The van der Waals surface area contributed by atoms with Crippen LogP contribution < -0.4 is 5.32 Å². The van der Waals surface area contributed by atoms with Crippen LogP contribution in [0.1, 0.15) is 34.5 Å². The van der Waals surface area contributed by atoms with Crippen molar-refractivity contribution in [3.8, 4) is 0 Å². The predicted octanol–water partition coefficient (Wildman–Crippen LogP) is 3.11. The predicted molar refractivity (Wildman–Crippen MR) is 74.6 cm³/mol. The van der Waals surface area contributed by atoms with Gasteiger partial charge in [-0.1, -0.05) is 24.3 Å². The minimum atomic E-state index is -0.856. The first-order valence-electron chi connectivity index (χ1n) is 6.19. The van der Waals surface area contributed by atoms with E-state index in [4.69, 9.17) is 0 Å². The number of aryl methyl sites for hydroxylation is 1. The van der Waals surface area contributed by atoms with Crippen molar-refractivity contribution in [3.05, 3.63) is 57.3 Å². The lowest BCUT2D eigenvalue weighted by molar-refractivity contribution is 0.0208. The lowest BCUT2D eigenvalue weighted by Crippen LogP contribution is -2.35. The fraction of sp³-hybridized carbons (Fsp3) is 0.333. The highest BCUT2D eigenvalue weighted by atomic mass is 32.1. The molecule has 2 unspecified atom stereocenters. The van der Waals surface area contributed by atoms with Gasteiger partial charge < -0.3 is 10.4 Å². The van der Waals surface area contributed by atoms with Crippen LogP contribution >= 0.6 is 11.3 Å². The molecule has 2 nitrogen and oxygen atoms in total. The number of benzene rings is 1. The average molecular weight is 259 g/mol. The lowest BCUT2D eigenvalue weighted by atomic mass is 9.88. The molecule has 0 saturated carbocycles. The third kappa shape index (κ3) is 1.70. The molecule has 2 aromatic rings. The molecule has 1 aliphatic heterocycles. The van der Waals surface area contributed by atoms with E-state index in [2.05, 4.69) is 30.4 Å². The van der Waals surface area contributed by atoms with Crippen molar-refractivity contribution < 1.29 is 5.11 Å². The first-order chi connectivity index (χ1) is 8.60. The van der Waals surface area contributed by atoms with Crippen molar-refractivity contribution in [1.82, 2.24) is 5.32 Å². The van der Waals surface area contributed by atoms with Gasteiger partial charge in [0.25, 0.3) is 0 Å². The summed E-state index contributed by atoms with van der Waals surface area (Å²) in [5, 5.41) is 16.4. The molecular formula is C15H17NOS. The van der Waals surface area contributed by atoms with Gasteiger partial charge >= 0.3 is 0 Å². The maximum atomic E-state index is 10.9. The molecule has 2 N–H and O–H groups in total. The third-order valence-corrected chi connectivity index (χ3v) is 4.99. The Morgan fingerprint density at radius 3 is 2.83 bits per heavy atom. The van der Waals surface area contributed by atoms with Crippen LogP contribution in [0.3, 0.4) is 0 Å². The van der Waals surface area contributed by atoms with Crippen LogP contribution in [0.25, 0.3) is 0 Å². The van der Waals surface area contributed by atoms with Crippen molar-refractivity contribution >= 4 is 11.3 Å². The van der Waals surface area contributed by atoms with Crippen LogP contribution in [-0.4, -0.2) is 5.11 Å². The molecule has 0 bridgehead atoms. The van der Waals surface area contributed by atoms with E-state index >= 15 is 0 Å². The summed E-state index contributed by atoms with van der Waals surface area (Å²) in [6, 6.07) is 10.4. The smallest absolute Gasteiger partial charge is 0.116 e. The zero-order chi connectivity index (χ0) is 12.8. The first-order valence-corrected chi connectivity index (χ1v) is 7.07. The molecule has 2 atom stereocenters. The zero-order valence-electron chi connectivity index (χ0n) is 10.6. The molecule has 0 spiro atoms. The van der Waals surface area contributed by atoms with E-state index in [1.54, 1.807) is 11.3 Å². The van der Waals surface area contributed by atoms with Crippen molar-refractivity contribution in [2.75, 3.05) is 0 Å². The standard InChI is InChI=1S/C15H17NOS/c1-10-7-8-18-14(10)15(2,17)13-12-6-4-3-5-11(12)9-16-13/h3-8,13,16-17H,9H2,1-2H3. The molecular weight excluding hydrogens is 242 g/mol. The topological polar surface area (TPSA) is 32.3 Å². The van der Waals surface area contributed by atoms with Gasteiger partial charge in [0.15, 0.2) is 0 Å². The van der Waals surface area contributed by atoms with Crippen molar-refractivity contribution in [1.29, 1.82) is 0 Å². The Labute approximate surface area is 111 Å². The van der Waals surface area contributed by atoms with Gasteiger partial charge in [0, 0.05) is 11.4 Å². The summed E-state index contributed by atoms with van der Waals surface area (Å²) < 4.78 is 0. The molecule has 2 heterocycles. The summed E-state index contributed by atoms with van der Waals surface area (Å²) in [5.41, 5.74) is 2.81. The highest BCUT2D eigenvalue weighted by molar-refractivity contribution is 7.10. The van der Waals surface area contributed by atoms with E-state index in [9.17, 15) is 5.11 Å². The number of hydrogen-bond acceptors (Lipinski definition) is 3. The van der Waals surface area contributed by atoms with Crippen LogP contribution in [0.5, 0.6) is 0 Å². The number of fused-ring (bicyclic) bond motifs is 1. The summed E-state index contributed by atoms with van der Waals surface area (Å²) in [5.74, 6) is 0. The molecule has 0 amide bonds. The van der Waals surface area contributed by atoms with E-state index in [1.807, 2.05) is 24.4 Å². The number of nitrogens with one attached hydrogen (secondary N) is 1. The van der Waals surface area contributed by atoms with Crippen LogP contribution in [0, 0.1) is 6.92 Å². The summed E-state index contributed by atoms with van der Waals surface area (Å²) in [6.45, 7) is 4.80. The number of hydrogen-bond donors (Lipinski definition) is 2. The minimum absolute atomic E-state index is 0.0222. The average Bonchev–Trinajstić information content (AvgIpc) is 2.95. The van der Waals surface area contributed by atoms with Crippen LogP contribution in [0.2, 0.25) is 0 Å².